The fourth-order valence-corrected chi connectivity index (χ4v) is 2.16. The Labute approximate surface area is 117 Å². The minimum Gasteiger partial charge on any atom is -0.373 e. The zero-order valence-electron chi connectivity index (χ0n) is 11.2. The van der Waals surface area contributed by atoms with Crippen molar-refractivity contribution in [2.45, 2.75) is 6.61 Å². The third-order valence-electron chi connectivity index (χ3n) is 3.09. The van der Waals surface area contributed by atoms with Crippen LogP contribution >= 0.6 is 0 Å². The summed E-state index contributed by atoms with van der Waals surface area (Å²) in [6.45, 7) is 4.79. The lowest BCUT2D eigenvalue weighted by Crippen LogP contribution is -1.93. The first-order chi connectivity index (χ1) is 9.86. The molecule has 0 spiro atoms. The van der Waals surface area contributed by atoms with Crippen molar-refractivity contribution >= 4 is 11.0 Å². The van der Waals surface area contributed by atoms with Crippen molar-refractivity contribution in [2.75, 3.05) is 6.61 Å². The molecule has 0 radical (unpaired) electrons. The van der Waals surface area contributed by atoms with E-state index in [1.165, 1.54) is 0 Å². The first-order valence-corrected chi connectivity index (χ1v) is 6.59. The van der Waals surface area contributed by atoms with Gasteiger partial charge in [0.25, 0.3) is 0 Å². The predicted octanol–water partition coefficient (Wildman–Crippen LogP) is 3.93. The highest BCUT2D eigenvalue weighted by Crippen LogP contribution is 2.21. The summed E-state index contributed by atoms with van der Waals surface area (Å²) < 4.78 is 5.47. The molecule has 0 atom stereocenters. The van der Waals surface area contributed by atoms with Crippen LogP contribution < -0.4 is 0 Å². The molecule has 3 heteroatoms. The highest BCUT2D eigenvalue weighted by molar-refractivity contribution is 5.79. The van der Waals surface area contributed by atoms with Gasteiger partial charge in [0.2, 0.25) is 0 Å². The molecular formula is C17H16N2O. The standard InChI is InChI=1S/C17H16N2O/c1-2-10-20-12-13-6-5-7-14(11-13)17-18-15-8-3-4-9-16(15)19-17/h2-9,11H,1,10,12H2,(H,18,19). The summed E-state index contributed by atoms with van der Waals surface area (Å²) in [5, 5.41) is 0. The Kier molecular flexibility index (Phi) is 3.61. The number of H-pyrrole nitrogens is 1. The molecule has 100 valence electrons. The van der Waals surface area contributed by atoms with E-state index in [1.807, 2.05) is 30.3 Å². The molecule has 1 aromatic heterocycles. The fraction of sp³-hybridized carbons (Fsp3) is 0.118. The van der Waals surface area contributed by atoms with Crippen LogP contribution in [0.3, 0.4) is 0 Å². The molecule has 20 heavy (non-hydrogen) atoms. The molecule has 0 saturated heterocycles. The average molecular weight is 264 g/mol. The van der Waals surface area contributed by atoms with Gasteiger partial charge in [-0.3, -0.25) is 0 Å². The fourth-order valence-electron chi connectivity index (χ4n) is 2.16. The van der Waals surface area contributed by atoms with E-state index in [2.05, 4.69) is 34.7 Å². The number of nitrogens with one attached hydrogen (secondary N) is 1. The summed E-state index contributed by atoms with van der Waals surface area (Å²) in [5.74, 6) is 0.886. The van der Waals surface area contributed by atoms with Crippen LogP contribution in [0.1, 0.15) is 5.56 Å². The van der Waals surface area contributed by atoms with E-state index in [1.54, 1.807) is 6.08 Å². The molecule has 1 N–H and O–H groups in total. The molecule has 0 aliphatic rings. The largest absolute Gasteiger partial charge is 0.373 e. The zero-order chi connectivity index (χ0) is 13.8. The molecular weight excluding hydrogens is 248 g/mol. The maximum Gasteiger partial charge on any atom is 0.138 e. The number of aromatic amines is 1. The van der Waals surface area contributed by atoms with Crippen LogP contribution in [0.25, 0.3) is 22.4 Å². The Morgan fingerprint density at radius 2 is 2.05 bits per heavy atom. The van der Waals surface area contributed by atoms with E-state index in [4.69, 9.17) is 4.74 Å². The van der Waals surface area contributed by atoms with Crippen LogP contribution in [0.2, 0.25) is 0 Å². The smallest absolute Gasteiger partial charge is 0.138 e. The van der Waals surface area contributed by atoms with Crippen molar-refractivity contribution in [1.29, 1.82) is 0 Å². The van der Waals surface area contributed by atoms with Crippen molar-refractivity contribution < 1.29 is 4.74 Å². The van der Waals surface area contributed by atoms with Gasteiger partial charge in [0, 0.05) is 5.56 Å². The summed E-state index contributed by atoms with van der Waals surface area (Å²) >= 11 is 0. The number of ether oxygens (including phenoxy) is 1. The molecule has 0 amide bonds. The summed E-state index contributed by atoms with van der Waals surface area (Å²) in [7, 11) is 0. The minimum atomic E-state index is 0.564. The van der Waals surface area contributed by atoms with Crippen LogP contribution in [-0.2, 0) is 11.3 Å². The van der Waals surface area contributed by atoms with E-state index >= 15 is 0 Å². The van der Waals surface area contributed by atoms with Gasteiger partial charge in [0.05, 0.1) is 24.2 Å². The molecule has 0 bridgehead atoms. The Morgan fingerprint density at radius 1 is 1.15 bits per heavy atom. The average Bonchev–Trinajstić information content (AvgIpc) is 2.92. The van der Waals surface area contributed by atoms with E-state index in [9.17, 15) is 0 Å². The number of hydrogen-bond donors (Lipinski definition) is 1. The SMILES string of the molecule is C=CCOCc1cccc(-c2nc3ccccc3[nH]2)c1. The maximum absolute atomic E-state index is 5.47. The predicted molar refractivity (Wildman–Crippen MR) is 81.4 cm³/mol. The van der Waals surface area contributed by atoms with Gasteiger partial charge in [-0.25, -0.2) is 4.98 Å². The number of imidazole rings is 1. The lowest BCUT2D eigenvalue weighted by molar-refractivity contribution is 0.149. The molecule has 3 aromatic rings. The minimum absolute atomic E-state index is 0.564. The van der Waals surface area contributed by atoms with Gasteiger partial charge in [-0.1, -0.05) is 36.4 Å². The lowest BCUT2D eigenvalue weighted by atomic mass is 10.1. The number of para-hydroxylation sites is 2. The molecule has 0 saturated carbocycles. The van der Waals surface area contributed by atoms with E-state index in [-0.39, 0.29) is 0 Å². The molecule has 0 unspecified atom stereocenters. The van der Waals surface area contributed by atoms with Crippen molar-refractivity contribution in [2.24, 2.45) is 0 Å². The summed E-state index contributed by atoms with van der Waals surface area (Å²) in [6, 6.07) is 16.3. The number of rotatable bonds is 5. The highest BCUT2D eigenvalue weighted by atomic mass is 16.5. The Balaban J connectivity index is 1.89. The van der Waals surface area contributed by atoms with Gasteiger partial charge in [0.15, 0.2) is 0 Å². The molecule has 3 nitrogen and oxygen atoms in total. The van der Waals surface area contributed by atoms with Gasteiger partial charge >= 0.3 is 0 Å². The van der Waals surface area contributed by atoms with Crippen molar-refractivity contribution in [3.63, 3.8) is 0 Å². The number of aromatic nitrogens is 2. The van der Waals surface area contributed by atoms with E-state index in [0.717, 1.165) is 28.0 Å². The van der Waals surface area contributed by atoms with Crippen LogP contribution in [0.4, 0.5) is 0 Å². The third-order valence-corrected chi connectivity index (χ3v) is 3.09. The van der Waals surface area contributed by atoms with Crippen LogP contribution in [-0.4, -0.2) is 16.6 Å². The first kappa shape index (κ1) is 12.6. The van der Waals surface area contributed by atoms with Gasteiger partial charge < -0.3 is 9.72 Å². The summed E-state index contributed by atoms with van der Waals surface area (Å²) in [5.41, 5.74) is 4.23. The van der Waals surface area contributed by atoms with E-state index < -0.39 is 0 Å². The summed E-state index contributed by atoms with van der Waals surface area (Å²) in [4.78, 5) is 7.95. The topological polar surface area (TPSA) is 37.9 Å². The molecule has 2 aromatic carbocycles. The van der Waals surface area contributed by atoms with Gasteiger partial charge in [0.1, 0.15) is 5.82 Å². The van der Waals surface area contributed by atoms with Gasteiger partial charge in [-0.15, -0.1) is 6.58 Å². The molecule has 0 aliphatic heterocycles. The Bertz CT molecular complexity index is 697. The number of nitrogens with zero attached hydrogens (tertiary/aromatic N) is 1. The highest BCUT2D eigenvalue weighted by Gasteiger charge is 2.05. The zero-order valence-corrected chi connectivity index (χ0v) is 11.2. The van der Waals surface area contributed by atoms with Crippen LogP contribution in [0, 0.1) is 0 Å². The second-order valence-corrected chi connectivity index (χ2v) is 4.61. The van der Waals surface area contributed by atoms with Crippen molar-refractivity contribution in [1.82, 2.24) is 9.97 Å². The number of hydrogen-bond acceptors (Lipinski definition) is 2. The van der Waals surface area contributed by atoms with Crippen LogP contribution in [0.5, 0.6) is 0 Å². The first-order valence-electron chi connectivity index (χ1n) is 6.59. The van der Waals surface area contributed by atoms with Crippen molar-refractivity contribution in [3.05, 3.63) is 66.7 Å². The molecule has 0 fully saturated rings. The summed E-state index contributed by atoms with van der Waals surface area (Å²) in [6.07, 6.45) is 1.75. The van der Waals surface area contributed by atoms with E-state index in [0.29, 0.717) is 13.2 Å². The monoisotopic (exact) mass is 264 g/mol. The second kappa shape index (κ2) is 5.72. The third kappa shape index (κ3) is 2.63. The normalized spacial score (nSPS) is 10.8. The maximum atomic E-state index is 5.47. The Morgan fingerprint density at radius 3 is 2.90 bits per heavy atom. The second-order valence-electron chi connectivity index (χ2n) is 4.61. The van der Waals surface area contributed by atoms with Crippen LogP contribution in [0.15, 0.2) is 61.2 Å². The lowest BCUT2D eigenvalue weighted by Gasteiger charge is -2.03. The van der Waals surface area contributed by atoms with Crippen molar-refractivity contribution in [3.8, 4) is 11.4 Å². The molecule has 0 aliphatic carbocycles. The molecule has 3 rings (SSSR count). The Hall–Kier alpha value is -2.39. The van der Waals surface area contributed by atoms with Gasteiger partial charge in [-0.2, -0.15) is 0 Å². The molecule has 1 heterocycles. The quantitative estimate of drug-likeness (QED) is 0.560. The number of benzene rings is 2. The van der Waals surface area contributed by atoms with Gasteiger partial charge in [-0.05, 0) is 23.8 Å². The number of fused-ring (bicyclic) bond motifs is 1.